The summed E-state index contributed by atoms with van der Waals surface area (Å²) < 4.78 is 6.15. The van der Waals surface area contributed by atoms with Gasteiger partial charge in [0.2, 0.25) is 0 Å². The van der Waals surface area contributed by atoms with Gasteiger partial charge in [0, 0.05) is 17.2 Å². The van der Waals surface area contributed by atoms with Crippen LogP contribution in [0, 0.1) is 28.6 Å². The van der Waals surface area contributed by atoms with Gasteiger partial charge in [-0.25, -0.2) is 9.78 Å². The minimum atomic E-state index is -0.397. The number of phenols is 1. The number of aromatic nitrogens is 1. The number of carbonyl (C=O) groups is 2. The van der Waals surface area contributed by atoms with Gasteiger partial charge in [-0.2, -0.15) is 0 Å². The van der Waals surface area contributed by atoms with Crippen LogP contribution in [0.4, 0.5) is 0 Å². The van der Waals surface area contributed by atoms with Crippen molar-refractivity contribution in [2.45, 2.75) is 71.3 Å². The van der Waals surface area contributed by atoms with Gasteiger partial charge in [-0.15, -0.1) is 0 Å². The Hall–Kier alpha value is -2.69. The molecule has 3 saturated carbocycles. The predicted octanol–water partition coefficient (Wildman–Crippen LogP) is 6.00. The van der Waals surface area contributed by atoms with Crippen molar-refractivity contribution in [1.29, 1.82) is 0 Å². The number of rotatable bonds is 2. The zero-order valence-corrected chi connectivity index (χ0v) is 20.0. The molecule has 5 heteroatoms. The number of hydrogen-bond acceptors (Lipinski definition) is 5. The number of carbonyl (C=O) groups excluding carboxylic acids is 2. The number of pyridine rings is 1. The highest BCUT2D eigenvalue weighted by Crippen LogP contribution is 2.65. The smallest absolute Gasteiger partial charge is 0.357 e. The summed E-state index contributed by atoms with van der Waals surface area (Å²) >= 11 is 0. The molecule has 3 fully saturated rings. The van der Waals surface area contributed by atoms with Crippen LogP contribution in [0.3, 0.4) is 0 Å². The Balaban J connectivity index is 1.23. The summed E-state index contributed by atoms with van der Waals surface area (Å²) in [7, 11) is 0. The number of phenolic OH excluding ortho intramolecular Hbond substituents is 1. The standard InChI is InChI=1S/C29H33NO4/c1-28-14-12-19(31)16-18(28)7-8-20-21-9-11-25(29(21,2)15-13-22(20)28)34-27(33)23-10-6-17-4-3-5-24(32)26(17)30-23/h3-6,10,16,20-22,25,32H,7-9,11-15H2,1-2H3/t20-,21-,22-,25-,28-,29-/m0/s1. The van der Waals surface area contributed by atoms with E-state index < -0.39 is 5.97 Å². The SMILES string of the molecule is C[C@]12CC[C@H]3[C@@H](CCC4=CC(=O)CC[C@@]43C)[C@@H]1CC[C@@H]2OC(=O)c1ccc2cccc(O)c2n1. The molecule has 1 aromatic heterocycles. The van der Waals surface area contributed by atoms with Crippen LogP contribution in [0.2, 0.25) is 0 Å². The van der Waals surface area contributed by atoms with Crippen molar-refractivity contribution in [3.63, 3.8) is 0 Å². The molecule has 6 atom stereocenters. The predicted molar refractivity (Wildman–Crippen MR) is 129 cm³/mol. The lowest BCUT2D eigenvalue weighted by atomic mass is 9.47. The van der Waals surface area contributed by atoms with Gasteiger partial charge in [0.1, 0.15) is 23.1 Å². The van der Waals surface area contributed by atoms with E-state index in [1.807, 2.05) is 18.2 Å². The number of ether oxygens (including phenoxy) is 1. The lowest BCUT2D eigenvalue weighted by Crippen LogP contribution is -2.51. The van der Waals surface area contributed by atoms with Crippen molar-refractivity contribution < 1.29 is 19.4 Å². The number of para-hydroxylation sites is 1. The van der Waals surface area contributed by atoms with Gasteiger partial charge in [-0.1, -0.05) is 37.6 Å². The first-order valence-corrected chi connectivity index (χ1v) is 12.8. The van der Waals surface area contributed by atoms with Crippen LogP contribution >= 0.6 is 0 Å². The Morgan fingerprint density at radius 3 is 2.74 bits per heavy atom. The largest absolute Gasteiger partial charge is 0.506 e. The summed E-state index contributed by atoms with van der Waals surface area (Å²) in [4.78, 5) is 29.6. The van der Waals surface area contributed by atoms with Crippen LogP contribution in [-0.4, -0.2) is 27.9 Å². The number of fused-ring (bicyclic) bond motifs is 6. The molecule has 0 saturated heterocycles. The quantitative estimate of drug-likeness (QED) is 0.558. The summed E-state index contributed by atoms with van der Waals surface area (Å²) in [6.45, 7) is 4.73. The second-order valence-electron chi connectivity index (χ2n) is 11.5. The molecule has 6 rings (SSSR count). The van der Waals surface area contributed by atoms with E-state index in [2.05, 4.69) is 18.8 Å². The number of aromatic hydroxyl groups is 1. The molecule has 5 nitrogen and oxygen atoms in total. The molecule has 1 aromatic carbocycles. The Labute approximate surface area is 200 Å². The van der Waals surface area contributed by atoms with E-state index in [4.69, 9.17) is 4.74 Å². The van der Waals surface area contributed by atoms with Gasteiger partial charge in [-0.3, -0.25) is 4.79 Å². The zero-order valence-electron chi connectivity index (χ0n) is 20.0. The number of esters is 1. The minimum absolute atomic E-state index is 0.0160. The molecular formula is C29H33NO4. The third-order valence-corrected chi connectivity index (χ3v) is 10.0. The summed E-state index contributed by atoms with van der Waals surface area (Å²) in [6.07, 6.45) is 9.88. The molecule has 0 radical (unpaired) electrons. The minimum Gasteiger partial charge on any atom is -0.506 e. The normalized spacial score (nSPS) is 36.9. The summed E-state index contributed by atoms with van der Waals surface area (Å²) in [5.41, 5.74) is 2.21. The summed E-state index contributed by atoms with van der Waals surface area (Å²) in [5, 5.41) is 10.9. The van der Waals surface area contributed by atoms with Crippen LogP contribution in [0.5, 0.6) is 5.75 Å². The zero-order chi connectivity index (χ0) is 23.7. The van der Waals surface area contributed by atoms with Gasteiger partial charge >= 0.3 is 5.97 Å². The molecule has 0 spiro atoms. The Morgan fingerprint density at radius 2 is 1.88 bits per heavy atom. The Bertz CT molecular complexity index is 1220. The monoisotopic (exact) mass is 459 g/mol. The van der Waals surface area contributed by atoms with Gasteiger partial charge in [0.25, 0.3) is 0 Å². The molecule has 0 unspecified atom stereocenters. The van der Waals surface area contributed by atoms with E-state index in [-0.39, 0.29) is 28.4 Å². The van der Waals surface area contributed by atoms with Crippen molar-refractivity contribution in [3.8, 4) is 5.75 Å². The fraction of sp³-hybridized carbons (Fsp3) is 0.552. The van der Waals surface area contributed by atoms with E-state index >= 15 is 0 Å². The topological polar surface area (TPSA) is 76.5 Å². The van der Waals surface area contributed by atoms with Crippen molar-refractivity contribution in [2.24, 2.45) is 28.6 Å². The van der Waals surface area contributed by atoms with Crippen LogP contribution < -0.4 is 0 Å². The third kappa shape index (κ3) is 3.15. The highest BCUT2D eigenvalue weighted by Gasteiger charge is 2.60. The van der Waals surface area contributed by atoms with Gasteiger partial charge in [-0.05, 0) is 86.3 Å². The van der Waals surface area contributed by atoms with Gasteiger partial charge < -0.3 is 9.84 Å². The van der Waals surface area contributed by atoms with E-state index in [1.54, 1.807) is 18.2 Å². The molecule has 0 amide bonds. The van der Waals surface area contributed by atoms with E-state index in [9.17, 15) is 14.7 Å². The average molecular weight is 460 g/mol. The molecule has 0 aliphatic heterocycles. The number of nitrogens with zero attached hydrogens (tertiary/aromatic N) is 1. The number of allylic oxidation sites excluding steroid dienone is 1. The average Bonchev–Trinajstić information content (AvgIpc) is 3.15. The van der Waals surface area contributed by atoms with Gasteiger partial charge in [0.15, 0.2) is 5.78 Å². The molecule has 34 heavy (non-hydrogen) atoms. The van der Waals surface area contributed by atoms with Crippen molar-refractivity contribution >= 4 is 22.7 Å². The highest BCUT2D eigenvalue weighted by atomic mass is 16.5. The number of benzene rings is 1. The second-order valence-corrected chi connectivity index (χ2v) is 11.5. The van der Waals surface area contributed by atoms with E-state index in [1.165, 1.54) is 5.57 Å². The van der Waals surface area contributed by atoms with E-state index in [0.29, 0.717) is 35.5 Å². The Kier molecular flexibility index (Phi) is 4.91. The van der Waals surface area contributed by atoms with Crippen LogP contribution in [0.15, 0.2) is 42.0 Å². The molecule has 4 aliphatic carbocycles. The van der Waals surface area contributed by atoms with E-state index in [0.717, 1.165) is 50.3 Å². The molecule has 0 bridgehead atoms. The lowest BCUT2D eigenvalue weighted by molar-refractivity contribution is -0.118. The first-order chi connectivity index (χ1) is 16.3. The van der Waals surface area contributed by atoms with Crippen molar-refractivity contribution in [2.75, 3.05) is 0 Å². The van der Waals surface area contributed by atoms with Crippen molar-refractivity contribution in [1.82, 2.24) is 4.98 Å². The molecule has 4 aliphatic rings. The molecular weight excluding hydrogens is 426 g/mol. The van der Waals surface area contributed by atoms with Crippen LogP contribution in [0.25, 0.3) is 10.9 Å². The molecule has 1 N–H and O–H groups in total. The van der Waals surface area contributed by atoms with Crippen LogP contribution in [0.1, 0.15) is 75.7 Å². The number of ketones is 1. The maximum Gasteiger partial charge on any atom is 0.357 e. The maximum absolute atomic E-state index is 13.1. The first kappa shape index (κ1) is 21.8. The molecule has 1 heterocycles. The fourth-order valence-electron chi connectivity index (χ4n) is 8.14. The number of hydrogen-bond donors (Lipinski definition) is 1. The van der Waals surface area contributed by atoms with Crippen molar-refractivity contribution in [3.05, 3.63) is 47.7 Å². The first-order valence-electron chi connectivity index (χ1n) is 12.8. The molecule has 178 valence electrons. The fourth-order valence-corrected chi connectivity index (χ4v) is 8.14. The van der Waals surface area contributed by atoms with Gasteiger partial charge in [0.05, 0.1) is 0 Å². The Morgan fingerprint density at radius 1 is 1.03 bits per heavy atom. The third-order valence-electron chi connectivity index (χ3n) is 10.0. The summed E-state index contributed by atoms with van der Waals surface area (Å²) in [6, 6.07) is 8.72. The highest BCUT2D eigenvalue weighted by molar-refractivity contribution is 5.93. The van der Waals surface area contributed by atoms with Crippen LogP contribution in [-0.2, 0) is 9.53 Å². The lowest BCUT2D eigenvalue weighted by Gasteiger charge is -2.57. The second kappa shape index (κ2) is 7.66. The summed E-state index contributed by atoms with van der Waals surface area (Å²) in [5.74, 6) is 1.78. The maximum atomic E-state index is 13.1. The molecule has 2 aromatic rings.